The molecule has 28 heavy (non-hydrogen) atoms. The predicted octanol–water partition coefficient (Wildman–Crippen LogP) is 3.76. The molecular formula is C23H26N4O. The van der Waals surface area contributed by atoms with E-state index < -0.39 is 0 Å². The lowest BCUT2D eigenvalue weighted by Gasteiger charge is -2.36. The highest BCUT2D eigenvalue weighted by molar-refractivity contribution is 5.93. The average Bonchev–Trinajstić information content (AvgIpc) is 3.12. The summed E-state index contributed by atoms with van der Waals surface area (Å²) in [7, 11) is 0. The molecule has 1 fully saturated rings. The molecule has 4 rings (SSSR count). The van der Waals surface area contributed by atoms with Crippen molar-refractivity contribution in [2.24, 2.45) is 0 Å². The van der Waals surface area contributed by atoms with Gasteiger partial charge in [-0.2, -0.15) is 5.10 Å². The molecule has 5 nitrogen and oxygen atoms in total. The maximum Gasteiger partial charge on any atom is 0.272 e. The molecule has 0 unspecified atom stereocenters. The highest BCUT2D eigenvalue weighted by Gasteiger charge is 2.25. The highest BCUT2D eigenvalue weighted by Crippen LogP contribution is 2.21. The van der Waals surface area contributed by atoms with Crippen molar-refractivity contribution < 1.29 is 4.79 Å². The quantitative estimate of drug-likeness (QED) is 0.701. The van der Waals surface area contributed by atoms with Crippen molar-refractivity contribution in [3.05, 3.63) is 77.1 Å². The number of hydrogen-bond acceptors (Lipinski definition) is 3. The third-order valence-corrected chi connectivity index (χ3v) is 5.47. The number of para-hydroxylation sites is 1. The van der Waals surface area contributed by atoms with Crippen LogP contribution in [-0.2, 0) is 0 Å². The van der Waals surface area contributed by atoms with Gasteiger partial charge in [0, 0.05) is 31.9 Å². The number of aryl methyl sites for hydroxylation is 3. The Bertz CT molecular complexity index is 985. The third-order valence-electron chi connectivity index (χ3n) is 5.47. The van der Waals surface area contributed by atoms with Gasteiger partial charge in [0.25, 0.3) is 5.91 Å². The number of carbonyl (C=O) groups is 1. The zero-order chi connectivity index (χ0) is 19.7. The van der Waals surface area contributed by atoms with Gasteiger partial charge in [-0.3, -0.25) is 4.79 Å². The molecule has 1 aliphatic rings. The Morgan fingerprint density at radius 2 is 1.54 bits per heavy atom. The summed E-state index contributed by atoms with van der Waals surface area (Å²) in [5.41, 5.74) is 6.23. The largest absolute Gasteiger partial charge is 0.368 e. The Hall–Kier alpha value is -3.08. The summed E-state index contributed by atoms with van der Waals surface area (Å²) < 4.78 is 1.76. The van der Waals surface area contributed by atoms with Gasteiger partial charge >= 0.3 is 0 Å². The van der Waals surface area contributed by atoms with Crippen LogP contribution >= 0.6 is 0 Å². The first-order valence-corrected chi connectivity index (χ1v) is 9.76. The van der Waals surface area contributed by atoms with E-state index in [0.717, 1.165) is 24.5 Å². The lowest BCUT2D eigenvalue weighted by molar-refractivity contribution is 0.0737. The van der Waals surface area contributed by atoms with E-state index in [0.29, 0.717) is 18.8 Å². The number of amides is 1. The van der Waals surface area contributed by atoms with Crippen molar-refractivity contribution in [2.45, 2.75) is 20.8 Å². The van der Waals surface area contributed by atoms with Gasteiger partial charge in [0.1, 0.15) is 5.69 Å². The van der Waals surface area contributed by atoms with Crippen molar-refractivity contribution in [2.75, 3.05) is 31.1 Å². The van der Waals surface area contributed by atoms with Crippen LogP contribution in [-0.4, -0.2) is 46.8 Å². The minimum absolute atomic E-state index is 0.0455. The van der Waals surface area contributed by atoms with Crippen molar-refractivity contribution in [3.63, 3.8) is 0 Å². The number of anilines is 1. The molecule has 0 saturated carbocycles. The first-order chi connectivity index (χ1) is 13.5. The molecule has 2 heterocycles. The fourth-order valence-corrected chi connectivity index (χ4v) is 3.67. The maximum atomic E-state index is 13.2. The molecule has 0 radical (unpaired) electrons. The molecule has 0 N–H and O–H groups in total. The molecule has 0 spiro atoms. The smallest absolute Gasteiger partial charge is 0.272 e. The summed E-state index contributed by atoms with van der Waals surface area (Å²) in [5, 5.41) is 4.54. The summed E-state index contributed by atoms with van der Waals surface area (Å²) >= 11 is 0. The van der Waals surface area contributed by atoms with Gasteiger partial charge in [0.05, 0.1) is 11.4 Å². The first-order valence-electron chi connectivity index (χ1n) is 9.76. The lowest BCUT2D eigenvalue weighted by Crippen LogP contribution is -2.49. The normalized spacial score (nSPS) is 14.4. The second kappa shape index (κ2) is 7.50. The summed E-state index contributed by atoms with van der Waals surface area (Å²) in [6.07, 6.45) is 0. The van der Waals surface area contributed by atoms with Crippen LogP contribution in [0.4, 0.5) is 5.69 Å². The highest BCUT2D eigenvalue weighted by atomic mass is 16.2. The van der Waals surface area contributed by atoms with Crippen LogP contribution in [0.25, 0.3) is 5.69 Å². The van der Waals surface area contributed by atoms with Crippen molar-refractivity contribution in [1.29, 1.82) is 0 Å². The Morgan fingerprint density at radius 1 is 0.821 bits per heavy atom. The van der Waals surface area contributed by atoms with Crippen LogP contribution in [0.5, 0.6) is 0 Å². The van der Waals surface area contributed by atoms with Gasteiger partial charge in [-0.05, 0) is 62.2 Å². The molecule has 1 saturated heterocycles. The number of rotatable bonds is 3. The van der Waals surface area contributed by atoms with Crippen LogP contribution < -0.4 is 4.90 Å². The first kappa shape index (κ1) is 18.3. The minimum atomic E-state index is 0.0455. The zero-order valence-corrected chi connectivity index (χ0v) is 16.7. The topological polar surface area (TPSA) is 41.4 Å². The Labute approximate surface area is 166 Å². The molecule has 0 aliphatic carbocycles. The van der Waals surface area contributed by atoms with Gasteiger partial charge in [0.2, 0.25) is 0 Å². The van der Waals surface area contributed by atoms with E-state index in [9.17, 15) is 4.79 Å². The molecule has 2 aromatic carbocycles. The minimum Gasteiger partial charge on any atom is -0.368 e. The lowest BCUT2D eigenvalue weighted by atomic mass is 10.1. The molecule has 0 bridgehead atoms. The molecule has 144 valence electrons. The Balaban J connectivity index is 1.50. The molecule has 3 aromatic rings. The summed E-state index contributed by atoms with van der Waals surface area (Å²) in [6, 6.07) is 18.3. The standard InChI is InChI=1S/C23H26N4O/c1-17-9-10-21(15-18(17)2)25-11-13-26(14-12-25)23(28)22-16-19(3)24-27(22)20-7-5-4-6-8-20/h4-10,15-16H,11-14H2,1-3H3. The van der Waals surface area contributed by atoms with E-state index in [2.05, 4.69) is 42.0 Å². The fourth-order valence-electron chi connectivity index (χ4n) is 3.67. The number of aromatic nitrogens is 2. The van der Waals surface area contributed by atoms with E-state index in [1.165, 1.54) is 16.8 Å². The number of piperazine rings is 1. The zero-order valence-electron chi connectivity index (χ0n) is 16.7. The van der Waals surface area contributed by atoms with Crippen LogP contribution in [0, 0.1) is 20.8 Å². The van der Waals surface area contributed by atoms with Crippen LogP contribution in [0.1, 0.15) is 27.3 Å². The van der Waals surface area contributed by atoms with Crippen LogP contribution in [0.2, 0.25) is 0 Å². The SMILES string of the molecule is Cc1cc(C(=O)N2CCN(c3ccc(C)c(C)c3)CC2)n(-c2ccccc2)n1. The van der Waals surface area contributed by atoms with Gasteiger partial charge < -0.3 is 9.80 Å². The fraction of sp³-hybridized carbons (Fsp3) is 0.304. The molecule has 1 aromatic heterocycles. The van der Waals surface area contributed by atoms with Gasteiger partial charge in [0.15, 0.2) is 0 Å². The van der Waals surface area contributed by atoms with E-state index in [1.807, 2.05) is 48.2 Å². The summed E-state index contributed by atoms with van der Waals surface area (Å²) in [4.78, 5) is 17.5. The van der Waals surface area contributed by atoms with E-state index >= 15 is 0 Å². The summed E-state index contributed by atoms with van der Waals surface area (Å²) in [5.74, 6) is 0.0455. The molecule has 5 heteroatoms. The van der Waals surface area contributed by atoms with Crippen LogP contribution in [0.15, 0.2) is 54.6 Å². The Morgan fingerprint density at radius 3 is 2.21 bits per heavy atom. The van der Waals surface area contributed by atoms with Crippen molar-refractivity contribution in [3.8, 4) is 5.69 Å². The molecular weight excluding hydrogens is 348 g/mol. The van der Waals surface area contributed by atoms with Gasteiger partial charge in [-0.1, -0.05) is 24.3 Å². The van der Waals surface area contributed by atoms with E-state index in [4.69, 9.17) is 0 Å². The summed E-state index contributed by atoms with van der Waals surface area (Å²) in [6.45, 7) is 9.31. The number of carbonyl (C=O) groups excluding carboxylic acids is 1. The van der Waals surface area contributed by atoms with Crippen molar-refractivity contribution in [1.82, 2.24) is 14.7 Å². The van der Waals surface area contributed by atoms with Crippen LogP contribution in [0.3, 0.4) is 0 Å². The second-order valence-electron chi connectivity index (χ2n) is 7.47. The third kappa shape index (κ3) is 3.52. The predicted molar refractivity (Wildman–Crippen MR) is 112 cm³/mol. The molecule has 1 amide bonds. The number of hydrogen-bond donors (Lipinski definition) is 0. The van der Waals surface area contributed by atoms with Crippen molar-refractivity contribution >= 4 is 11.6 Å². The molecule has 0 atom stereocenters. The van der Waals surface area contributed by atoms with Gasteiger partial charge in [-0.15, -0.1) is 0 Å². The van der Waals surface area contributed by atoms with E-state index in [1.54, 1.807) is 4.68 Å². The van der Waals surface area contributed by atoms with E-state index in [-0.39, 0.29) is 5.91 Å². The van der Waals surface area contributed by atoms with Gasteiger partial charge in [-0.25, -0.2) is 4.68 Å². The second-order valence-corrected chi connectivity index (χ2v) is 7.47. The monoisotopic (exact) mass is 374 g/mol. The Kier molecular flexibility index (Phi) is 4.90. The number of benzene rings is 2. The maximum absolute atomic E-state index is 13.2. The number of nitrogens with zero attached hydrogens (tertiary/aromatic N) is 4. The molecule has 1 aliphatic heterocycles. The average molecular weight is 374 g/mol.